The van der Waals surface area contributed by atoms with Gasteiger partial charge in [0.2, 0.25) is 5.91 Å². The van der Waals surface area contributed by atoms with Gasteiger partial charge in [0.15, 0.2) is 0 Å². The second-order valence-corrected chi connectivity index (χ2v) is 6.71. The number of nitrogens with one attached hydrogen (secondary N) is 1. The standard InChI is InChI=1S/C18H26N2O5/c1-24-12-5-4-6-13(9-12)25-15-10-14(17(22)18(15)23)19-16(21)11-20-7-2-3-8-20/h4-6,9,14-15,17-18,22-23H,2-3,7-8,10-11H2,1H3,(H,19,21)/t14-,15-,17+,18+/m1/s1. The third kappa shape index (κ3) is 4.42. The van der Waals surface area contributed by atoms with Gasteiger partial charge in [-0.3, -0.25) is 9.69 Å². The van der Waals surface area contributed by atoms with Crippen LogP contribution >= 0.6 is 0 Å². The van der Waals surface area contributed by atoms with Crippen molar-refractivity contribution in [2.75, 3.05) is 26.7 Å². The van der Waals surface area contributed by atoms with Crippen molar-refractivity contribution in [1.29, 1.82) is 0 Å². The highest BCUT2D eigenvalue weighted by Crippen LogP contribution is 2.27. The van der Waals surface area contributed by atoms with Crippen LogP contribution in [0.1, 0.15) is 19.3 Å². The molecule has 1 heterocycles. The van der Waals surface area contributed by atoms with Gasteiger partial charge in [0.1, 0.15) is 29.8 Å². The van der Waals surface area contributed by atoms with Crippen molar-refractivity contribution in [2.24, 2.45) is 0 Å². The zero-order valence-corrected chi connectivity index (χ0v) is 14.4. The molecule has 1 saturated heterocycles. The van der Waals surface area contributed by atoms with E-state index >= 15 is 0 Å². The number of benzene rings is 1. The number of nitrogens with zero attached hydrogens (tertiary/aromatic N) is 1. The quantitative estimate of drug-likeness (QED) is 0.677. The summed E-state index contributed by atoms with van der Waals surface area (Å²) in [6.45, 7) is 2.20. The number of aliphatic hydroxyl groups is 2. The van der Waals surface area contributed by atoms with Gasteiger partial charge in [-0.15, -0.1) is 0 Å². The molecule has 7 heteroatoms. The van der Waals surface area contributed by atoms with Gasteiger partial charge < -0.3 is 25.0 Å². The monoisotopic (exact) mass is 350 g/mol. The SMILES string of the molecule is COc1cccc(O[C@@H]2C[C@@H](NC(=O)CN3CCCC3)[C@H](O)[C@H]2O)c1. The summed E-state index contributed by atoms with van der Waals surface area (Å²) in [6.07, 6.45) is -0.0884. The second-order valence-electron chi connectivity index (χ2n) is 6.71. The Morgan fingerprint density at radius 2 is 1.96 bits per heavy atom. The Bertz CT molecular complexity index is 591. The summed E-state index contributed by atoms with van der Waals surface area (Å²) < 4.78 is 10.9. The highest BCUT2D eigenvalue weighted by Gasteiger charge is 2.43. The Morgan fingerprint density at radius 1 is 1.24 bits per heavy atom. The van der Waals surface area contributed by atoms with Gasteiger partial charge in [0, 0.05) is 12.5 Å². The lowest BCUT2D eigenvalue weighted by Gasteiger charge is -2.20. The molecule has 0 radical (unpaired) electrons. The van der Waals surface area contributed by atoms with E-state index in [1.165, 1.54) is 0 Å². The average molecular weight is 350 g/mol. The number of carbonyl (C=O) groups is 1. The fraction of sp³-hybridized carbons (Fsp3) is 0.611. The van der Waals surface area contributed by atoms with E-state index in [9.17, 15) is 15.0 Å². The molecule has 0 unspecified atom stereocenters. The first-order valence-corrected chi connectivity index (χ1v) is 8.75. The number of methoxy groups -OCH3 is 1. The molecule has 1 aromatic rings. The maximum atomic E-state index is 12.2. The van der Waals surface area contributed by atoms with Gasteiger partial charge in [-0.2, -0.15) is 0 Å². The summed E-state index contributed by atoms with van der Waals surface area (Å²) in [5, 5.41) is 23.3. The maximum absolute atomic E-state index is 12.2. The highest BCUT2D eigenvalue weighted by molar-refractivity contribution is 5.78. The molecule has 3 N–H and O–H groups in total. The van der Waals surface area contributed by atoms with E-state index in [1.807, 2.05) is 0 Å². The molecule has 3 rings (SSSR count). The summed E-state index contributed by atoms with van der Waals surface area (Å²) in [6, 6.07) is 6.56. The van der Waals surface area contributed by atoms with Crippen molar-refractivity contribution in [3.63, 3.8) is 0 Å². The largest absolute Gasteiger partial charge is 0.497 e. The van der Waals surface area contributed by atoms with Gasteiger partial charge in [-0.05, 0) is 38.1 Å². The molecule has 25 heavy (non-hydrogen) atoms. The van der Waals surface area contributed by atoms with E-state index in [-0.39, 0.29) is 5.91 Å². The summed E-state index contributed by atoms with van der Waals surface area (Å²) in [7, 11) is 1.57. The molecule has 2 aliphatic rings. The second kappa shape index (κ2) is 8.03. The first kappa shape index (κ1) is 18.0. The van der Waals surface area contributed by atoms with Crippen LogP contribution in [0.5, 0.6) is 11.5 Å². The van der Waals surface area contributed by atoms with Crippen LogP contribution in [0.25, 0.3) is 0 Å². The van der Waals surface area contributed by atoms with Crippen LogP contribution in [0.2, 0.25) is 0 Å². The van der Waals surface area contributed by atoms with Gasteiger partial charge in [0.05, 0.1) is 19.7 Å². The lowest BCUT2D eigenvalue weighted by atomic mass is 10.2. The number of hydrogen-bond donors (Lipinski definition) is 3. The number of amides is 1. The van der Waals surface area contributed by atoms with Gasteiger partial charge in [-0.1, -0.05) is 6.07 Å². The molecule has 0 bridgehead atoms. The Labute approximate surface area is 147 Å². The topological polar surface area (TPSA) is 91.3 Å². The van der Waals surface area contributed by atoms with E-state index in [1.54, 1.807) is 31.4 Å². The molecule has 1 saturated carbocycles. The van der Waals surface area contributed by atoms with Gasteiger partial charge >= 0.3 is 0 Å². The lowest BCUT2D eigenvalue weighted by Crippen LogP contribution is -2.46. The summed E-state index contributed by atoms with van der Waals surface area (Å²) in [5.41, 5.74) is 0. The molecule has 1 aliphatic carbocycles. The van der Waals surface area contributed by atoms with E-state index in [2.05, 4.69) is 10.2 Å². The highest BCUT2D eigenvalue weighted by atomic mass is 16.5. The van der Waals surface area contributed by atoms with E-state index in [4.69, 9.17) is 9.47 Å². The Kier molecular flexibility index (Phi) is 5.78. The molecule has 1 aromatic carbocycles. The lowest BCUT2D eigenvalue weighted by molar-refractivity contribution is -0.123. The number of aliphatic hydroxyl groups excluding tert-OH is 2. The molecule has 0 aromatic heterocycles. The molecular formula is C18H26N2O5. The third-order valence-electron chi connectivity index (χ3n) is 4.87. The molecule has 1 aliphatic heterocycles. The number of ether oxygens (including phenoxy) is 2. The van der Waals surface area contributed by atoms with Gasteiger partial charge in [0.25, 0.3) is 0 Å². The zero-order chi connectivity index (χ0) is 17.8. The van der Waals surface area contributed by atoms with Crippen LogP contribution in [0, 0.1) is 0 Å². The molecule has 7 nitrogen and oxygen atoms in total. The number of rotatable bonds is 6. The molecule has 2 fully saturated rings. The van der Waals surface area contributed by atoms with Crippen LogP contribution in [0.3, 0.4) is 0 Å². The fourth-order valence-corrected chi connectivity index (χ4v) is 3.49. The Morgan fingerprint density at radius 3 is 2.68 bits per heavy atom. The van der Waals surface area contributed by atoms with Crippen LogP contribution in [-0.4, -0.2) is 72.1 Å². The summed E-state index contributed by atoms with van der Waals surface area (Å²) in [4.78, 5) is 14.2. The molecule has 138 valence electrons. The van der Waals surface area contributed by atoms with Crippen molar-refractivity contribution in [3.05, 3.63) is 24.3 Å². The van der Waals surface area contributed by atoms with Crippen molar-refractivity contribution in [1.82, 2.24) is 10.2 Å². The minimum absolute atomic E-state index is 0.125. The fourth-order valence-electron chi connectivity index (χ4n) is 3.49. The van der Waals surface area contributed by atoms with Crippen molar-refractivity contribution >= 4 is 5.91 Å². The third-order valence-corrected chi connectivity index (χ3v) is 4.87. The minimum Gasteiger partial charge on any atom is -0.497 e. The smallest absolute Gasteiger partial charge is 0.234 e. The molecule has 4 atom stereocenters. The zero-order valence-electron chi connectivity index (χ0n) is 14.4. The summed E-state index contributed by atoms with van der Waals surface area (Å²) >= 11 is 0. The van der Waals surface area contributed by atoms with E-state index in [0.717, 1.165) is 25.9 Å². The normalized spacial score (nSPS) is 29.6. The minimum atomic E-state index is -1.05. The number of hydrogen-bond acceptors (Lipinski definition) is 6. The van der Waals surface area contributed by atoms with Crippen molar-refractivity contribution < 1.29 is 24.5 Å². The average Bonchev–Trinajstić information content (AvgIpc) is 3.20. The van der Waals surface area contributed by atoms with Crippen molar-refractivity contribution in [2.45, 2.75) is 43.6 Å². The Hall–Kier alpha value is -1.83. The van der Waals surface area contributed by atoms with Crippen LogP contribution in [-0.2, 0) is 4.79 Å². The van der Waals surface area contributed by atoms with Crippen LogP contribution < -0.4 is 14.8 Å². The number of likely N-dealkylation sites (tertiary alicyclic amines) is 1. The number of carbonyl (C=O) groups excluding carboxylic acids is 1. The van der Waals surface area contributed by atoms with E-state index in [0.29, 0.717) is 24.5 Å². The molecular weight excluding hydrogens is 324 g/mol. The first-order chi connectivity index (χ1) is 12.1. The maximum Gasteiger partial charge on any atom is 0.234 e. The van der Waals surface area contributed by atoms with Crippen molar-refractivity contribution in [3.8, 4) is 11.5 Å². The van der Waals surface area contributed by atoms with Crippen LogP contribution in [0.4, 0.5) is 0 Å². The Balaban J connectivity index is 1.55. The predicted octanol–water partition coefficient (Wildman–Crippen LogP) is 0.149. The first-order valence-electron chi connectivity index (χ1n) is 8.75. The van der Waals surface area contributed by atoms with E-state index < -0.39 is 24.4 Å². The molecule has 1 amide bonds. The predicted molar refractivity (Wildman–Crippen MR) is 91.6 cm³/mol. The van der Waals surface area contributed by atoms with Gasteiger partial charge in [-0.25, -0.2) is 0 Å². The molecule has 0 spiro atoms. The summed E-state index contributed by atoms with van der Waals surface area (Å²) in [5.74, 6) is 1.08. The van der Waals surface area contributed by atoms with Crippen LogP contribution in [0.15, 0.2) is 24.3 Å².